The predicted molar refractivity (Wildman–Crippen MR) is 105 cm³/mol. The van der Waals surface area contributed by atoms with Gasteiger partial charge in [-0.25, -0.2) is 4.98 Å². The van der Waals surface area contributed by atoms with Gasteiger partial charge in [-0.05, 0) is 42.6 Å². The highest BCUT2D eigenvalue weighted by Crippen LogP contribution is 2.22. The molecule has 0 bridgehead atoms. The molecule has 8 heteroatoms. The first kappa shape index (κ1) is 17.7. The molecular formula is C17H15N3O2S3. The minimum absolute atomic E-state index is 0.0885. The van der Waals surface area contributed by atoms with Crippen molar-refractivity contribution in [2.24, 2.45) is 0 Å². The summed E-state index contributed by atoms with van der Waals surface area (Å²) in [7, 11) is 0. The van der Waals surface area contributed by atoms with Gasteiger partial charge in [-0.15, -0.1) is 34.4 Å². The molecule has 3 aromatic rings. The number of carbonyl (C=O) groups is 2. The number of anilines is 2. The van der Waals surface area contributed by atoms with Crippen molar-refractivity contribution in [3.63, 3.8) is 0 Å². The monoisotopic (exact) mass is 389 g/mol. The molecule has 0 aliphatic carbocycles. The predicted octanol–water partition coefficient (Wildman–Crippen LogP) is 4.50. The molecule has 0 radical (unpaired) electrons. The summed E-state index contributed by atoms with van der Waals surface area (Å²) in [4.78, 5) is 29.7. The summed E-state index contributed by atoms with van der Waals surface area (Å²) in [6.45, 7) is 1.89. The second kappa shape index (κ2) is 8.28. The van der Waals surface area contributed by atoms with Crippen LogP contribution in [0, 0.1) is 6.92 Å². The van der Waals surface area contributed by atoms with E-state index in [9.17, 15) is 9.59 Å². The SMILES string of the molecule is Cc1csc(NC(=O)CSc2ccc(NC(=O)c3cccs3)cc2)n1. The van der Waals surface area contributed by atoms with Crippen molar-refractivity contribution >= 4 is 57.1 Å². The quantitative estimate of drug-likeness (QED) is 0.609. The molecule has 0 atom stereocenters. The topological polar surface area (TPSA) is 71.1 Å². The lowest BCUT2D eigenvalue weighted by Gasteiger charge is -2.06. The fourth-order valence-corrected chi connectivity index (χ4v) is 3.97. The van der Waals surface area contributed by atoms with Gasteiger partial charge in [-0.3, -0.25) is 9.59 Å². The first-order valence-corrected chi connectivity index (χ1v) is 10.1. The maximum absolute atomic E-state index is 12.0. The highest BCUT2D eigenvalue weighted by molar-refractivity contribution is 8.00. The van der Waals surface area contributed by atoms with Gasteiger partial charge in [0.1, 0.15) is 0 Å². The summed E-state index contributed by atoms with van der Waals surface area (Å²) in [5.74, 6) is 0.0995. The van der Waals surface area contributed by atoms with Crippen LogP contribution in [0.1, 0.15) is 15.4 Å². The molecule has 0 unspecified atom stereocenters. The van der Waals surface area contributed by atoms with E-state index in [2.05, 4.69) is 15.6 Å². The van der Waals surface area contributed by atoms with Gasteiger partial charge in [0.25, 0.3) is 5.91 Å². The molecule has 0 saturated heterocycles. The van der Waals surface area contributed by atoms with Gasteiger partial charge < -0.3 is 10.6 Å². The zero-order valence-electron chi connectivity index (χ0n) is 13.3. The number of amides is 2. The first-order valence-electron chi connectivity index (χ1n) is 7.40. The number of rotatable bonds is 6. The number of aryl methyl sites for hydroxylation is 1. The molecule has 128 valence electrons. The third-order valence-electron chi connectivity index (χ3n) is 3.09. The van der Waals surface area contributed by atoms with E-state index < -0.39 is 0 Å². The zero-order valence-corrected chi connectivity index (χ0v) is 15.8. The van der Waals surface area contributed by atoms with E-state index >= 15 is 0 Å². The van der Waals surface area contributed by atoms with E-state index in [1.54, 1.807) is 6.07 Å². The summed E-state index contributed by atoms with van der Waals surface area (Å²) >= 11 is 4.25. The third kappa shape index (κ3) is 5.15. The molecule has 0 aliphatic heterocycles. The number of carbonyl (C=O) groups excluding carboxylic acids is 2. The van der Waals surface area contributed by atoms with Crippen molar-refractivity contribution in [3.05, 3.63) is 57.7 Å². The fourth-order valence-electron chi connectivity index (χ4n) is 1.95. The Balaban J connectivity index is 1.49. The fraction of sp³-hybridized carbons (Fsp3) is 0.118. The van der Waals surface area contributed by atoms with E-state index in [1.807, 2.05) is 48.0 Å². The van der Waals surface area contributed by atoms with Gasteiger partial charge >= 0.3 is 0 Å². The first-order chi connectivity index (χ1) is 12.1. The molecule has 2 heterocycles. The number of thiophene rings is 1. The van der Waals surface area contributed by atoms with E-state index in [0.717, 1.165) is 16.3 Å². The highest BCUT2D eigenvalue weighted by atomic mass is 32.2. The number of hydrogen-bond donors (Lipinski definition) is 2. The normalized spacial score (nSPS) is 10.4. The van der Waals surface area contributed by atoms with Crippen LogP contribution < -0.4 is 10.6 Å². The van der Waals surface area contributed by atoms with Crippen molar-refractivity contribution in [1.29, 1.82) is 0 Å². The van der Waals surface area contributed by atoms with Crippen LogP contribution in [0.4, 0.5) is 10.8 Å². The van der Waals surface area contributed by atoms with Crippen molar-refractivity contribution in [1.82, 2.24) is 4.98 Å². The third-order valence-corrected chi connectivity index (χ3v) is 5.85. The van der Waals surface area contributed by atoms with Gasteiger partial charge in [0.05, 0.1) is 16.3 Å². The summed E-state index contributed by atoms with van der Waals surface area (Å²) in [5.41, 5.74) is 1.62. The van der Waals surface area contributed by atoms with Crippen molar-refractivity contribution < 1.29 is 9.59 Å². The van der Waals surface area contributed by atoms with Crippen molar-refractivity contribution in [3.8, 4) is 0 Å². The molecule has 2 amide bonds. The lowest BCUT2D eigenvalue weighted by molar-refractivity contribution is -0.113. The molecule has 0 spiro atoms. The number of thioether (sulfide) groups is 1. The van der Waals surface area contributed by atoms with Crippen LogP contribution in [0.2, 0.25) is 0 Å². The zero-order chi connectivity index (χ0) is 17.6. The van der Waals surface area contributed by atoms with Crippen LogP contribution in [0.25, 0.3) is 0 Å². The van der Waals surface area contributed by atoms with Gasteiger partial charge in [-0.1, -0.05) is 6.07 Å². The minimum atomic E-state index is -0.117. The Bertz CT molecular complexity index is 858. The summed E-state index contributed by atoms with van der Waals surface area (Å²) in [6.07, 6.45) is 0. The standard InChI is InChI=1S/C17H15N3O2S3/c1-11-9-25-17(18-11)20-15(21)10-24-13-6-4-12(5-7-13)19-16(22)14-3-2-8-23-14/h2-9H,10H2,1H3,(H,19,22)(H,18,20,21). The lowest BCUT2D eigenvalue weighted by Crippen LogP contribution is -2.13. The van der Waals surface area contributed by atoms with Crippen LogP contribution in [0.5, 0.6) is 0 Å². The number of nitrogens with one attached hydrogen (secondary N) is 2. The Morgan fingerprint density at radius 2 is 1.92 bits per heavy atom. The Morgan fingerprint density at radius 1 is 1.12 bits per heavy atom. The van der Waals surface area contributed by atoms with Crippen LogP contribution in [0.3, 0.4) is 0 Å². The molecule has 0 aliphatic rings. The van der Waals surface area contributed by atoms with Gasteiger partial charge in [0.2, 0.25) is 5.91 Å². The average Bonchev–Trinajstić information content (AvgIpc) is 3.26. The van der Waals surface area contributed by atoms with E-state index in [0.29, 0.717) is 15.8 Å². The van der Waals surface area contributed by atoms with Gasteiger partial charge in [-0.2, -0.15) is 0 Å². The molecule has 0 fully saturated rings. The van der Waals surface area contributed by atoms with Crippen LogP contribution >= 0.6 is 34.4 Å². The largest absolute Gasteiger partial charge is 0.321 e. The molecule has 2 aromatic heterocycles. The molecule has 0 saturated carbocycles. The molecule has 2 N–H and O–H groups in total. The van der Waals surface area contributed by atoms with Crippen LogP contribution in [-0.4, -0.2) is 22.6 Å². The highest BCUT2D eigenvalue weighted by Gasteiger charge is 2.08. The second-order valence-electron chi connectivity index (χ2n) is 5.09. The summed E-state index contributed by atoms with van der Waals surface area (Å²) in [6, 6.07) is 11.1. The smallest absolute Gasteiger partial charge is 0.265 e. The van der Waals surface area contributed by atoms with E-state index in [-0.39, 0.29) is 11.8 Å². The van der Waals surface area contributed by atoms with Crippen LogP contribution in [0.15, 0.2) is 52.1 Å². The molecule has 5 nitrogen and oxygen atoms in total. The second-order valence-corrected chi connectivity index (χ2v) is 7.94. The van der Waals surface area contributed by atoms with Crippen molar-refractivity contribution in [2.75, 3.05) is 16.4 Å². The summed E-state index contributed by atoms with van der Waals surface area (Å²) < 4.78 is 0. The molecule has 1 aromatic carbocycles. The van der Waals surface area contributed by atoms with E-state index in [4.69, 9.17) is 0 Å². The number of thiazole rings is 1. The Hall–Kier alpha value is -2.16. The van der Waals surface area contributed by atoms with E-state index in [1.165, 1.54) is 34.4 Å². The van der Waals surface area contributed by atoms with Gasteiger partial charge in [0.15, 0.2) is 5.13 Å². The number of aromatic nitrogens is 1. The number of hydrogen-bond acceptors (Lipinski definition) is 6. The minimum Gasteiger partial charge on any atom is -0.321 e. The average molecular weight is 390 g/mol. The van der Waals surface area contributed by atoms with Crippen LogP contribution in [-0.2, 0) is 4.79 Å². The van der Waals surface area contributed by atoms with Crippen molar-refractivity contribution in [2.45, 2.75) is 11.8 Å². The lowest BCUT2D eigenvalue weighted by atomic mass is 10.3. The Labute approximate surface area is 157 Å². The number of benzene rings is 1. The number of nitrogens with zero attached hydrogens (tertiary/aromatic N) is 1. The summed E-state index contributed by atoms with van der Waals surface area (Å²) in [5, 5.41) is 10.0. The molecule has 25 heavy (non-hydrogen) atoms. The van der Waals surface area contributed by atoms with Gasteiger partial charge in [0, 0.05) is 16.0 Å². The maximum Gasteiger partial charge on any atom is 0.265 e. The molecule has 3 rings (SSSR count). The Kier molecular flexibility index (Phi) is 5.85. The maximum atomic E-state index is 12.0. The molecular weight excluding hydrogens is 374 g/mol. The Morgan fingerprint density at radius 3 is 2.56 bits per heavy atom.